The van der Waals surface area contributed by atoms with Gasteiger partial charge in [0.15, 0.2) is 0 Å². The number of phenolic OH excluding ortho intramolecular Hbond substituents is 3. The number of halogens is 2. The summed E-state index contributed by atoms with van der Waals surface area (Å²) in [6.07, 6.45) is 8.57. The van der Waals surface area contributed by atoms with Crippen LogP contribution in [0.15, 0.2) is 212 Å². The Morgan fingerprint density at radius 3 is 0.830 bits per heavy atom. The molecule has 0 heterocycles. The van der Waals surface area contributed by atoms with E-state index in [2.05, 4.69) is 91.3 Å². The number of fused-ring (bicyclic) bond motifs is 5. The Kier molecular flexibility index (Phi) is 44.8. The van der Waals surface area contributed by atoms with Gasteiger partial charge in [-0.1, -0.05) is 221 Å². The van der Waals surface area contributed by atoms with Crippen molar-refractivity contribution in [2.75, 3.05) is 33.0 Å². The van der Waals surface area contributed by atoms with Crippen molar-refractivity contribution in [1.82, 2.24) is 10.6 Å². The van der Waals surface area contributed by atoms with Gasteiger partial charge < -0.3 is 120 Å². The Balaban J connectivity index is 0.000000226. The number of benzene rings is 9. The summed E-state index contributed by atoms with van der Waals surface area (Å²) in [7, 11) is 0. The molecule has 0 bridgehead atoms. The lowest BCUT2D eigenvalue weighted by Gasteiger charge is -2.48. The third kappa shape index (κ3) is 27.0. The number of rotatable bonds is 32. The maximum atomic E-state index is 13.2. The number of alkyl carbamates (subject to hydrolysis) is 2. The molecule has 10 unspecified atom stereocenters. The number of ether oxygens (including phenoxy) is 11. The molecule has 2 amide bonds. The highest BCUT2D eigenvalue weighted by Crippen LogP contribution is 2.51. The molecule has 770 valence electrons. The molecular weight excluding hydrogens is 1820 g/mol. The van der Waals surface area contributed by atoms with Gasteiger partial charge in [-0.2, -0.15) is 0 Å². The van der Waals surface area contributed by atoms with Crippen molar-refractivity contribution >= 4 is 24.5 Å². The lowest BCUT2D eigenvalue weighted by atomic mass is 9.62. The average Bonchev–Trinajstić information content (AvgIpc) is 0.736. The highest BCUT2D eigenvalue weighted by atomic mass is 35.5. The monoisotopic (exact) mass is 1980 g/mol. The minimum absolute atomic E-state index is 0. The minimum Gasteiger partial charge on any atom is -1.00 e. The number of phenols is 3. The van der Waals surface area contributed by atoms with Crippen molar-refractivity contribution in [2.24, 2.45) is 5.73 Å². The van der Waals surface area contributed by atoms with E-state index in [0.29, 0.717) is 61.4 Å². The summed E-state index contributed by atoms with van der Waals surface area (Å²) < 4.78 is 64.0. The van der Waals surface area contributed by atoms with E-state index in [0.717, 1.165) is 141 Å². The second-order valence-electron chi connectivity index (χ2n) is 37.4. The van der Waals surface area contributed by atoms with Crippen LogP contribution in [-0.2, 0) is 102 Å². The summed E-state index contributed by atoms with van der Waals surface area (Å²) in [6.45, 7) is 42.2. The van der Waals surface area contributed by atoms with Gasteiger partial charge in [-0.3, -0.25) is 0 Å². The van der Waals surface area contributed by atoms with Crippen molar-refractivity contribution < 1.29 is 123 Å². The second kappa shape index (κ2) is 54.4. The van der Waals surface area contributed by atoms with Crippen molar-refractivity contribution in [2.45, 2.75) is 340 Å². The predicted octanol–water partition coefficient (Wildman–Crippen LogP) is 16.5. The molecule has 14 atom stereocenters. The highest BCUT2D eigenvalue weighted by molar-refractivity contribution is 5.71. The van der Waals surface area contributed by atoms with Crippen LogP contribution in [0.5, 0.6) is 28.7 Å². The second-order valence-corrected chi connectivity index (χ2v) is 37.4. The van der Waals surface area contributed by atoms with Crippen LogP contribution in [0.2, 0.25) is 0 Å². The minimum atomic E-state index is -0.768. The molecule has 14 rings (SSSR count). The first kappa shape index (κ1) is 116. The van der Waals surface area contributed by atoms with E-state index in [4.69, 9.17) is 57.8 Å². The summed E-state index contributed by atoms with van der Waals surface area (Å²) in [5, 5.41) is 35.8. The molecule has 9 aromatic carbocycles. The number of quaternary nitrogens is 2. The summed E-state index contributed by atoms with van der Waals surface area (Å²) in [5.74, 6) is 1.83. The first-order valence-electron chi connectivity index (χ1n) is 51.0. The molecule has 25 heteroatoms. The fraction of sp³-hybridized carbons (Fsp3) is 0.500. The van der Waals surface area contributed by atoms with Crippen LogP contribution in [0.3, 0.4) is 0 Å². The van der Waals surface area contributed by atoms with Crippen molar-refractivity contribution in [3.63, 3.8) is 0 Å². The topological polar surface area (TPSA) is 336 Å². The van der Waals surface area contributed by atoms with Gasteiger partial charge in [-0.15, -0.1) is 0 Å². The largest absolute Gasteiger partial charge is 1.00 e. The molecule has 0 fully saturated rings. The van der Waals surface area contributed by atoms with Crippen LogP contribution in [0, 0.1) is 0 Å². The zero-order valence-electron chi connectivity index (χ0n) is 86.6. The van der Waals surface area contributed by atoms with Gasteiger partial charge in [0, 0.05) is 98.3 Å². The molecule has 13 N–H and O–H groups in total. The summed E-state index contributed by atoms with van der Waals surface area (Å²) in [4.78, 5) is 51.9. The zero-order valence-corrected chi connectivity index (χ0v) is 88.2. The molecule has 0 saturated carbocycles. The molecule has 5 aliphatic carbocycles. The van der Waals surface area contributed by atoms with Crippen LogP contribution >= 0.6 is 0 Å². The third-order valence-corrected chi connectivity index (χ3v) is 30.9. The van der Waals surface area contributed by atoms with Crippen molar-refractivity contribution in [1.29, 1.82) is 0 Å². The van der Waals surface area contributed by atoms with Gasteiger partial charge in [0.2, 0.25) is 0 Å². The molecule has 0 radical (unpaired) electrons. The van der Waals surface area contributed by atoms with Crippen molar-refractivity contribution in [3.8, 4) is 28.7 Å². The molecule has 0 spiro atoms. The van der Waals surface area contributed by atoms with E-state index >= 15 is 0 Å². The molecule has 0 aliphatic heterocycles. The highest BCUT2D eigenvalue weighted by Gasteiger charge is 2.54. The van der Waals surface area contributed by atoms with E-state index < -0.39 is 59.7 Å². The van der Waals surface area contributed by atoms with E-state index in [1.807, 2.05) is 244 Å². The summed E-state index contributed by atoms with van der Waals surface area (Å²) in [6, 6.07) is 66.6. The average molecular weight is 1980 g/mol. The number of carbonyl (C=O) groups is 4. The lowest BCUT2D eigenvalue weighted by molar-refractivity contribution is -0.460. The first-order valence-corrected chi connectivity index (χ1v) is 51.0. The van der Waals surface area contributed by atoms with E-state index in [9.17, 15) is 34.5 Å². The maximum Gasteiger partial charge on any atom is 0.514 e. The predicted molar refractivity (Wildman–Crippen MR) is 546 cm³/mol. The summed E-state index contributed by atoms with van der Waals surface area (Å²) in [5.41, 5.74) is 29.9. The van der Waals surface area contributed by atoms with Crippen LogP contribution in [0.1, 0.15) is 298 Å². The lowest BCUT2D eigenvalue weighted by Crippen LogP contribution is -3.00. The number of hydrogen-bond acceptors (Lipinski definition) is 19. The zero-order chi connectivity index (χ0) is 101. The van der Waals surface area contributed by atoms with Crippen LogP contribution < -0.4 is 62.1 Å². The smallest absolute Gasteiger partial charge is 0.514 e. The van der Waals surface area contributed by atoms with Gasteiger partial charge >= 0.3 is 24.5 Å². The molecule has 9 aromatic rings. The molecule has 5 aliphatic rings. The van der Waals surface area contributed by atoms with Crippen LogP contribution in [0.4, 0.5) is 19.2 Å². The Labute approximate surface area is 850 Å². The fourth-order valence-electron chi connectivity index (χ4n) is 22.8. The number of carbonyl (C=O) groups excluding carboxylic acids is 4. The van der Waals surface area contributed by atoms with Gasteiger partial charge in [0.1, 0.15) is 77.5 Å². The number of amides is 2. The van der Waals surface area contributed by atoms with Crippen molar-refractivity contribution in [3.05, 3.63) is 290 Å². The number of nitrogens with two attached hydrogens (primary N) is 1. The standard InChI is InChI=1S/2C34H41NO6.3C16H25NO2.2ClH/c2*1-6-34(7-2)29-22-28(41-33(37)40-24(5)26-17-13-10-14-18-26)20-19-27(29)21-30(38-8-3)31(34)35-32(36)39-23(4)25-15-11-9-12-16-25;3*1-4-16(5-2)13-10-12(18)8-7-11(13)9-14(15(16)17)19-6-3;;/h2*9-20,22-24,30-31H,6-8,21H2,1-5H3,(H,35,36);3*7-8,10,14-15,18H,4-6,9,17H2,1-3H3;2*1H/t2*23-,24+,30?,31?;;;;;/m11...../s1. The number of nitrogens with one attached hydrogen (secondary N) is 2. The number of hydrogen-bond donors (Lipinski definition) is 8. The Hall–Kier alpha value is -10.3. The molecule has 23 nitrogen and oxygen atoms in total. The van der Waals surface area contributed by atoms with E-state index in [1.165, 1.54) is 33.4 Å². The van der Waals surface area contributed by atoms with Gasteiger partial charge in [-0.25, -0.2) is 19.2 Å². The third-order valence-electron chi connectivity index (χ3n) is 30.9. The van der Waals surface area contributed by atoms with Crippen LogP contribution in [-0.4, -0.2) is 134 Å². The first-order chi connectivity index (χ1) is 66.9. The van der Waals surface area contributed by atoms with Gasteiger partial charge in [-0.05, 0) is 265 Å². The van der Waals surface area contributed by atoms with E-state index in [1.54, 1.807) is 30.3 Å². The fourth-order valence-corrected chi connectivity index (χ4v) is 22.8. The Morgan fingerprint density at radius 2 is 0.553 bits per heavy atom. The Morgan fingerprint density at radius 1 is 0.319 bits per heavy atom. The molecule has 141 heavy (non-hydrogen) atoms. The van der Waals surface area contributed by atoms with Gasteiger partial charge in [0.05, 0.1) is 30.4 Å². The quantitative estimate of drug-likeness (QED) is 0.0110. The van der Waals surface area contributed by atoms with Crippen LogP contribution in [0.25, 0.3) is 0 Å². The molecule has 0 saturated heterocycles. The normalized spacial score (nSPS) is 21.1. The SMILES string of the molecule is CCOC1Cc2ccc(O)cc2C(CC)(CC)C1N.CCOC1Cc2ccc(O)cc2C(CC)(CC)C1[NH3+].CCOC1Cc2ccc(O)cc2C(CC)(CC)C1[NH3+].CCOC1Cc2ccc(OC(=O)O[C@@H](C)c3ccccc3)cc2C(CC)(CC)C1NC(=O)O[C@H](C)c1ccccc1.CCOC1Cc2ccc(OC(=O)O[C@@H](C)c3ccccc3)cc2C(CC)(CC)C1NC(=O)O[C@H](C)c1ccccc1.[Cl-].[Cl-]. The molecular formula is C116H159Cl2N5O18. The molecule has 0 aromatic heterocycles. The Bertz CT molecular complexity index is 4950. The maximum absolute atomic E-state index is 13.2. The number of aromatic hydroxyl groups is 3. The van der Waals surface area contributed by atoms with E-state index in [-0.39, 0.29) is 102 Å². The van der Waals surface area contributed by atoms with Gasteiger partial charge in [0.25, 0.3) is 0 Å². The summed E-state index contributed by atoms with van der Waals surface area (Å²) >= 11 is 0.